The summed E-state index contributed by atoms with van der Waals surface area (Å²) in [5.74, 6) is 1.91. The average molecular weight is 377 g/mol. The van der Waals surface area contributed by atoms with Gasteiger partial charge in [-0.05, 0) is 56.0 Å². The SMILES string of the molecule is CCNC(=NCc1ccc(C#N)cc1)NC1CCN(c2ccc(C)cn2)CC1. The zero-order valence-electron chi connectivity index (χ0n) is 16.7. The van der Waals surface area contributed by atoms with E-state index in [9.17, 15) is 0 Å². The summed E-state index contributed by atoms with van der Waals surface area (Å²) in [6.07, 6.45) is 4.03. The van der Waals surface area contributed by atoms with Crippen molar-refractivity contribution < 1.29 is 0 Å². The summed E-state index contributed by atoms with van der Waals surface area (Å²) in [5, 5.41) is 15.8. The lowest BCUT2D eigenvalue weighted by molar-refractivity contribution is 0.459. The normalized spacial score (nSPS) is 15.2. The van der Waals surface area contributed by atoms with Crippen LogP contribution in [0.15, 0.2) is 47.6 Å². The summed E-state index contributed by atoms with van der Waals surface area (Å²) < 4.78 is 0. The molecule has 1 aliphatic heterocycles. The van der Waals surface area contributed by atoms with Gasteiger partial charge in [0.15, 0.2) is 5.96 Å². The molecule has 146 valence electrons. The topological polar surface area (TPSA) is 76.3 Å². The highest BCUT2D eigenvalue weighted by Gasteiger charge is 2.20. The number of hydrogen-bond donors (Lipinski definition) is 2. The van der Waals surface area contributed by atoms with Crippen LogP contribution < -0.4 is 15.5 Å². The first-order chi connectivity index (χ1) is 13.7. The standard InChI is InChI=1S/C22H28N6/c1-3-24-22(26-16-19-7-5-18(14-23)6-8-19)27-20-10-12-28(13-11-20)21-9-4-17(2)15-25-21/h4-9,15,20H,3,10-13,16H2,1-2H3,(H2,24,26,27). The number of hydrogen-bond acceptors (Lipinski definition) is 4. The fourth-order valence-corrected chi connectivity index (χ4v) is 3.27. The lowest BCUT2D eigenvalue weighted by atomic mass is 10.1. The second-order valence-corrected chi connectivity index (χ2v) is 7.10. The van der Waals surface area contributed by atoms with Crippen LogP contribution in [0.5, 0.6) is 0 Å². The Hall–Kier alpha value is -3.07. The molecule has 2 aromatic rings. The van der Waals surface area contributed by atoms with Crippen LogP contribution in [0.1, 0.15) is 36.5 Å². The quantitative estimate of drug-likeness (QED) is 0.620. The van der Waals surface area contributed by atoms with Crippen molar-refractivity contribution in [1.29, 1.82) is 5.26 Å². The average Bonchev–Trinajstić information content (AvgIpc) is 2.74. The van der Waals surface area contributed by atoms with Crippen molar-refractivity contribution in [2.24, 2.45) is 4.99 Å². The number of nitrogens with one attached hydrogen (secondary N) is 2. The molecule has 6 nitrogen and oxygen atoms in total. The third-order valence-corrected chi connectivity index (χ3v) is 4.90. The van der Waals surface area contributed by atoms with Crippen LogP contribution in [-0.4, -0.2) is 36.6 Å². The number of nitriles is 1. The van der Waals surface area contributed by atoms with Gasteiger partial charge in [-0.1, -0.05) is 18.2 Å². The molecule has 0 amide bonds. The summed E-state index contributed by atoms with van der Waals surface area (Å²) in [5.41, 5.74) is 2.96. The van der Waals surface area contributed by atoms with Crippen molar-refractivity contribution in [1.82, 2.24) is 15.6 Å². The fraction of sp³-hybridized carbons (Fsp3) is 0.409. The molecule has 0 bridgehead atoms. The van der Waals surface area contributed by atoms with Crippen LogP contribution in [0, 0.1) is 18.3 Å². The molecular weight excluding hydrogens is 348 g/mol. The van der Waals surface area contributed by atoms with E-state index in [4.69, 9.17) is 10.3 Å². The Morgan fingerprint density at radius 2 is 1.96 bits per heavy atom. The summed E-state index contributed by atoms with van der Waals surface area (Å²) in [4.78, 5) is 11.6. The first-order valence-electron chi connectivity index (χ1n) is 9.89. The van der Waals surface area contributed by atoms with Crippen LogP contribution in [0.4, 0.5) is 5.82 Å². The fourth-order valence-electron chi connectivity index (χ4n) is 3.27. The number of guanidine groups is 1. The zero-order chi connectivity index (χ0) is 19.8. The largest absolute Gasteiger partial charge is 0.357 e. The van der Waals surface area contributed by atoms with Crippen LogP contribution in [-0.2, 0) is 6.54 Å². The van der Waals surface area contributed by atoms with Crippen LogP contribution in [0.25, 0.3) is 0 Å². The minimum atomic E-state index is 0.403. The number of pyridine rings is 1. The van der Waals surface area contributed by atoms with Gasteiger partial charge in [0, 0.05) is 31.9 Å². The number of anilines is 1. The first kappa shape index (κ1) is 19.7. The number of rotatable bonds is 5. The maximum absolute atomic E-state index is 8.90. The predicted octanol–water partition coefficient (Wildman–Crippen LogP) is 2.99. The van der Waals surface area contributed by atoms with Gasteiger partial charge in [0.05, 0.1) is 18.2 Å². The summed E-state index contributed by atoms with van der Waals surface area (Å²) in [6.45, 7) is 7.53. The molecule has 0 saturated carbocycles. The van der Waals surface area contributed by atoms with Gasteiger partial charge >= 0.3 is 0 Å². The number of benzene rings is 1. The summed E-state index contributed by atoms with van der Waals surface area (Å²) in [6, 6.07) is 14.3. The zero-order valence-corrected chi connectivity index (χ0v) is 16.7. The van der Waals surface area contributed by atoms with Crippen LogP contribution in [0.2, 0.25) is 0 Å². The van der Waals surface area contributed by atoms with E-state index in [1.54, 1.807) is 0 Å². The van der Waals surface area contributed by atoms with E-state index < -0.39 is 0 Å². The van der Waals surface area contributed by atoms with E-state index in [0.29, 0.717) is 18.2 Å². The number of aliphatic imine (C=N–C) groups is 1. The number of piperidine rings is 1. The smallest absolute Gasteiger partial charge is 0.191 e. The highest BCUT2D eigenvalue weighted by molar-refractivity contribution is 5.80. The van der Waals surface area contributed by atoms with Crippen molar-refractivity contribution in [2.75, 3.05) is 24.5 Å². The number of nitrogens with zero attached hydrogens (tertiary/aromatic N) is 4. The Bertz CT molecular complexity index is 812. The molecule has 2 heterocycles. The molecule has 2 N–H and O–H groups in total. The molecule has 1 saturated heterocycles. The third-order valence-electron chi connectivity index (χ3n) is 4.90. The van der Waals surface area contributed by atoms with E-state index in [2.05, 4.69) is 52.6 Å². The molecule has 6 heteroatoms. The Morgan fingerprint density at radius 1 is 1.21 bits per heavy atom. The van der Waals surface area contributed by atoms with Gasteiger partial charge in [-0.15, -0.1) is 0 Å². The molecule has 1 aromatic heterocycles. The lowest BCUT2D eigenvalue weighted by Gasteiger charge is -2.33. The van der Waals surface area contributed by atoms with Crippen molar-refractivity contribution in [3.63, 3.8) is 0 Å². The number of aryl methyl sites for hydroxylation is 1. The molecule has 0 unspecified atom stereocenters. The minimum Gasteiger partial charge on any atom is -0.357 e. The molecule has 0 spiro atoms. The van der Waals surface area contributed by atoms with Gasteiger partial charge in [0.25, 0.3) is 0 Å². The van der Waals surface area contributed by atoms with Crippen LogP contribution >= 0.6 is 0 Å². The second kappa shape index (κ2) is 9.75. The van der Waals surface area contributed by atoms with Gasteiger partial charge in [-0.3, -0.25) is 0 Å². The highest BCUT2D eigenvalue weighted by atomic mass is 15.2. The Labute approximate surface area is 167 Å². The first-order valence-corrected chi connectivity index (χ1v) is 9.89. The maximum Gasteiger partial charge on any atom is 0.191 e. The molecule has 0 atom stereocenters. The Kier molecular flexibility index (Phi) is 6.85. The van der Waals surface area contributed by atoms with Crippen molar-refractivity contribution in [2.45, 2.75) is 39.3 Å². The van der Waals surface area contributed by atoms with E-state index >= 15 is 0 Å². The van der Waals surface area contributed by atoms with E-state index in [-0.39, 0.29) is 0 Å². The summed E-state index contributed by atoms with van der Waals surface area (Å²) in [7, 11) is 0. The van der Waals surface area contributed by atoms with E-state index in [1.807, 2.05) is 30.5 Å². The van der Waals surface area contributed by atoms with Gasteiger partial charge in [0.2, 0.25) is 0 Å². The Balaban J connectivity index is 1.54. The molecule has 3 rings (SSSR count). The van der Waals surface area contributed by atoms with Crippen molar-refractivity contribution in [3.05, 3.63) is 59.3 Å². The maximum atomic E-state index is 8.90. The van der Waals surface area contributed by atoms with Gasteiger partial charge in [-0.2, -0.15) is 5.26 Å². The van der Waals surface area contributed by atoms with Gasteiger partial charge in [-0.25, -0.2) is 9.98 Å². The number of aromatic nitrogens is 1. The monoisotopic (exact) mass is 376 g/mol. The Morgan fingerprint density at radius 3 is 2.57 bits per heavy atom. The molecule has 1 aliphatic rings. The van der Waals surface area contributed by atoms with Crippen molar-refractivity contribution in [3.8, 4) is 6.07 Å². The van der Waals surface area contributed by atoms with E-state index in [1.165, 1.54) is 5.56 Å². The second-order valence-electron chi connectivity index (χ2n) is 7.10. The highest BCUT2D eigenvalue weighted by Crippen LogP contribution is 2.18. The van der Waals surface area contributed by atoms with Gasteiger partial charge in [0.1, 0.15) is 5.82 Å². The van der Waals surface area contributed by atoms with E-state index in [0.717, 1.165) is 49.8 Å². The molecule has 0 aliphatic carbocycles. The lowest BCUT2D eigenvalue weighted by Crippen LogP contribution is -2.48. The molecule has 1 aromatic carbocycles. The van der Waals surface area contributed by atoms with Crippen molar-refractivity contribution >= 4 is 11.8 Å². The molecule has 0 radical (unpaired) electrons. The summed E-state index contributed by atoms with van der Waals surface area (Å²) >= 11 is 0. The molecular formula is C22H28N6. The molecule has 28 heavy (non-hydrogen) atoms. The minimum absolute atomic E-state index is 0.403. The van der Waals surface area contributed by atoms with Crippen LogP contribution in [0.3, 0.4) is 0 Å². The van der Waals surface area contributed by atoms with Gasteiger partial charge < -0.3 is 15.5 Å². The molecule has 1 fully saturated rings. The third kappa shape index (κ3) is 5.46. The predicted molar refractivity (Wildman–Crippen MR) is 113 cm³/mol.